The average Bonchev–Trinajstić information content (AvgIpc) is 2.89. The SMILES string of the molecule is COC(=O)C(=O)N(Cc1ccc(C(C)(C)C)cc1)c1ccc(C(=O)N(C)c2ccc(OC(F)(F)F)cc2)cc1. The lowest BCUT2D eigenvalue weighted by Gasteiger charge is -2.24. The lowest BCUT2D eigenvalue weighted by Crippen LogP contribution is -2.37. The summed E-state index contributed by atoms with van der Waals surface area (Å²) >= 11 is 0. The van der Waals surface area contributed by atoms with Crippen LogP contribution >= 0.6 is 0 Å². The monoisotopic (exact) mass is 542 g/mol. The number of carbonyl (C=O) groups is 3. The van der Waals surface area contributed by atoms with Gasteiger partial charge in [0.05, 0.1) is 13.7 Å². The maximum absolute atomic E-state index is 13.0. The number of methoxy groups -OCH3 is 1. The van der Waals surface area contributed by atoms with Gasteiger partial charge in [-0.2, -0.15) is 0 Å². The van der Waals surface area contributed by atoms with E-state index in [-0.39, 0.29) is 17.5 Å². The number of rotatable bonds is 6. The predicted molar refractivity (Wildman–Crippen MR) is 141 cm³/mol. The lowest BCUT2D eigenvalue weighted by atomic mass is 9.87. The van der Waals surface area contributed by atoms with Gasteiger partial charge in [-0.1, -0.05) is 45.0 Å². The Bertz CT molecular complexity index is 1310. The van der Waals surface area contributed by atoms with E-state index in [2.05, 4.69) is 30.2 Å². The molecule has 10 heteroatoms. The van der Waals surface area contributed by atoms with Gasteiger partial charge in [0.2, 0.25) is 0 Å². The Morgan fingerprint density at radius 3 is 1.82 bits per heavy atom. The molecule has 0 unspecified atom stereocenters. The summed E-state index contributed by atoms with van der Waals surface area (Å²) < 4.78 is 45.7. The Labute approximate surface area is 224 Å². The molecule has 2 amide bonds. The van der Waals surface area contributed by atoms with Crippen molar-refractivity contribution < 1.29 is 37.0 Å². The number of carbonyl (C=O) groups excluding carboxylic acids is 3. The predicted octanol–water partition coefficient (Wildman–Crippen LogP) is 5.87. The Morgan fingerprint density at radius 2 is 1.33 bits per heavy atom. The van der Waals surface area contributed by atoms with Crippen molar-refractivity contribution in [3.8, 4) is 5.75 Å². The number of nitrogens with zero attached hydrogens (tertiary/aromatic N) is 2. The number of benzene rings is 3. The molecular formula is C29H29F3N2O5. The highest BCUT2D eigenvalue weighted by Crippen LogP contribution is 2.27. The molecule has 39 heavy (non-hydrogen) atoms. The molecule has 3 rings (SSSR count). The van der Waals surface area contributed by atoms with Gasteiger partial charge in [-0.15, -0.1) is 13.2 Å². The first-order valence-corrected chi connectivity index (χ1v) is 11.9. The van der Waals surface area contributed by atoms with Crippen LogP contribution in [0, 0.1) is 0 Å². The van der Waals surface area contributed by atoms with E-state index in [0.29, 0.717) is 11.4 Å². The van der Waals surface area contributed by atoms with Crippen molar-refractivity contribution >= 4 is 29.2 Å². The second kappa shape index (κ2) is 11.6. The first-order chi connectivity index (χ1) is 18.2. The minimum atomic E-state index is -4.82. The summed E-state index contributed by atoms with van der Waals surface area (Å²) in [6, 6.07) is 18.6. The summed E-state index contributed by atoms with van der Waals surface area (Å²) in [6.45, 7) is 6.37. The Kier molecular flexibility index (Phi) is 8.68. The highest BCUT2D eigenvalue weighted by atomic mass is 19.4. The fraction of sp³-hybridized carbons (Fsp3) is 0.276. The minimum Gasteiger partial charge on any atom is -0.462 e. The second-order valence-electron chi connectivity index (χ2n) is 9.78. The van der Waals surface area contributed by atoms with Crippen molar-refractivity contribution in [2.45, 2.75) is 39.1 Å². The van der Waals surface area contributed by atoms with Crippen LogP contribution in [0.5, 0.6) is 5.75 Å². The Morgan fingerprint density at radius 1 is 0.795 bits per heavy atom. The molecule has 0 radical (unpaired) electrons. The number of halogens is 3. The number of esters is 1. The molecule has 206 valence electrons. The fourth-order valence-corrected chi connectivity index (χ4v) is 3.74. The van der Waals surface area contributed by atoms with Crippen LogP contribution < -0.4 is 14.5 Å². The van der Waals surface area contributed by atoms with Crippen LogP contribution in [-0.2, 0) is 26.3 Å². The first kappa shape index (κ1) is 29.2. The standard InChI is InChI=1S/C29H29F3N2O5/c1-28(2,3)21-10-6-19(7-11-21)18-34(26(36)27(37)38-5)23-12-8-20(9-13-23)25(35)33(4)22-14-16-24(17-15-22)39-29(30,31)32/h6-17H,18H2,1-5H3. The quantitative estimate of drug-likeness (QED) is 0.288. The summed E-state index contributed by atoms with van der Waals surface area (Å²) in [6.07, 6.45) is -4.82. The third-order valence-corrected chi connectivity index (χ3v) is 5.95. The average molecular weight is 543 g/mol. The number of ether oxygens (including phenoxy) is 2. The summed E-state index contributed by atoms with van der Waals surface area (Å²) in [5.41, 5.74) is 2.84. The molecule has 3 aromatic rings. The molecule has 0 fully saturated rings. The van der Waals surface area contributed by atoms with E-state index >= 15 is 0 Å². The van der Waals surface area contributed by atoms with Gasteiger partial charge < -0.3 is 14.4 Å². The van der Waals surface area contributed by atoms with E-state index in [1.165, 1.54) is 53.2 Å². The summed E-state index contributed by atoms with van der Waals surface area (Å²) in [5.74, 6) is -2.73. The van der Waals surface area contributed by atoms with Crippen LogP contribution in [0.25, 0.3) is 0 Å². The normalized spacial score (nSPS) is 11.5. The molecule has 0 saturated carbocycles. The second-order valence-corrected chi connectivity index (χ2v) is 9.78. The third kappa shape index (κ3) is 7.59. The molecule has 0 N–H and O–H groups in total. The van der Waals surface area contributed by atoms with Gasteiger partial charge in [-0.3, -0.25) is 14.5 Å². The summed E-state index contributed by atoms with van der Waals surface area (Å²) in [5, 5.41) is 0. The topological polar surface area (TPSA) is 76.2 Å². The zero-order valence-corrected chi connectivity index (χ0v) is 22.2. The van der Waals surface area contributed by atoms with E-state index < -0.39 is 29.9 Å². The molecule has 0 atom stereocenters. The Hall–Kier alpha value is -4.34. The number of anilines is 2. The van der Waals surface area contributed by atoms with Gasteiger partial charge >= 0.3 is 18.2 Å². The lowest BCUT2D eigenvalue weighted by molar-refractivity contribution is -0.274. The number of hydrogen-bond donors (Lipinski definition) is 0. The fourth-order valence-electron chi connectivity index (χ4n) is 3.74. The molecule has 0 spiro atoms. The van der Waals surface area contributed by atoms with Crippen LogP contribution in [-0.4, -0.2) is 38.3 Å². The number of amides is 2. The first-order valence-electron chi connectivity index (χ1n) is 11.9. The van der Waals surface area contributed by atoms with Gasteiger partial charge in [0.1, 0.15) is 5.75 Å². The van der Waals surface area contributed by atoms with Gasteiger partial charge in [0.15, 0.2) is 0 Å². The van der Waals surface area contributed by atoms with Gasteiger partial charge in [-0.25, -0.2) is 4.79 Å². The summed E-state index contributed by atoms with van der Waals surface area (Å²) in [7, 11) is 2.60. The van der Waals surface area contributed by atoms with Crippen LogP contribution in [0.1, 0.15) is 42.3 Å². The van der Waals surface area contributed by atoms with Crippen molar-refractivity contribution in [3.63, 3.8) is 0 Å². The van der Waals surface area contributed by atoms with E-state index in [0.717, 1.165) is 30.4 Å². The molecule has 0 aromatic heterocycles. The zero-order chi connectivity index (χ0) is 29.0. The number of alkyl halides is 3. The van der Waals surface area contributed by atoms with E-state index in [9.17, 15) is 27.6 Å². The van der Waals surface area contributed by atoms with Crippen molar-refractivity contribution in [1.29, 1.82) is 0 Å². The van der Waals surface area contributed by atoms with E-state index in [1.807, 2.05) is 24.3 Å². The van der Waals surface area contributed by atoms with Crippen LogP contribution in [0.2, 0.25) is 0 Å². The maximum Gasteiger partial charge on any atom is 0.573 e. The van der Waals surface area contributed by atoms with Crippen molar-refractivity contribution in [1.82, 2.24) is 0 Å². The van der Waals surface area contributed by atoms with Crippen molar-refractivity contribution in [3.05, 3.63) is 89.5 Å². The molecule has 0 aliphatic rings. The summed E-state index contributed by atoms with van der Waals surface area (Å²) in [4.78, 5) is 40.4. The highest BCUT2D eigenvalue weighted by Gasteiger charge is 2.31. The van der Waals surface area contributed by atoms with Gasteiger partial charge in [-0.05, 0) is 65.1 Å². The molecule has 0 heterocycles. The molecular weight excluding hydrogens is 513 g/mol. The zero-order valence-electron chi connectivity index (χ0n) is 22.2. The Balaban J connectivity index is 1.81. The molecule has 3 aromatic carbocycles. The van der Waals surface area contributed by atoms with E-state index in [1.54, 1.807) is 0 Å². The third-order valence-electron chi connectivity index (χ3n) is 5.95. The van der Waals surface area contributed by atoms with E-state index in [4.69, 9.17) is 0 Å². The maximum atomic E-state index is 13.0. The van der Waals surface area contributed by atoms with Crippen molar-refractivity contribution in [2.24, 2.45) is 0 Å². The largest absolute Gasteiger partial charge is 0.573 e. The van der Waals surface area contributed by atoms with Crippen LogP contribution in [0.4, 0.5) is 24.5 Å². The number of hydrogen-bond acceptors (Lipinski definition) is 5. The van der Waals surface area contributed by atoms with Crippen LogP contribution in [0.3, 0.4) is 0 Å². The smallest absolute Gasteiger partial charge is 0.462 e. The van der Waals surface area contributed by atoms with Crippen molar-refractivity contribution in [2.75, 3.05) is 24.0 Å². The highest BCUT2D eigenvalue weighted by molar-refractivity contribution is 6.38. The van der Waals surface area contributed by atoms with Crippen LogP contribution in [0.15, 0.2) is 72.8 Å². The molecule has 0 bridgehead atoms. The van der Waals surface area contributed by atoms with Gasteiger partial charge in [0.25, 0.3) is 5.91 Å². The molecule has 7 nitrogen and oxygen atoms in total. The molecule has 0 saturated heterocycles. The minimum absolute atomic E-state index is 0.0472. The van der Waals surface area contributed by atoms with Gasteiger partial charge in [0, 0.05) is 24.0 Å². The molecule has 0 aliphatic carbocycles. The molecule has 0 aliphatic heterocycles.